The van der Waals surface area contributed by atoms with Gasteiger partial charge in [0.05, 0.1) is 0 Å². The molecule has 0 aromatic rings. The first kappa shape index (κ1) is 12.1. The van der Waals surface area contributed by atoms with Crippen LogP contribution < -0.4 is 0 Å². The van der Waals surface area contributed by atoms with Crippen molar-refractivity contribution in [2.45, 2.75) is 13.8 Å². The number of carbonyl (C=O) groups is 2. The first-order chi connectivity index (χ1) is 3.55. The van der Waals surface area contributed by atoms with E-state index in [4.69, 9.17) is 0 Å². The van der Waals surface area contributed by atoms with Crippen LogP contribution in [0.25, 0.3) is 0 Å². The van der Waals surface area contributed by atoms with E-state index in [1.807, 2.05) is 0 Å². The summed E-state index contributed by atoms with van der Waals surface area (Å²) in [7, 11) is 1.45. The summed E-state index contributed by atoms with van der Waals surface area (Å²) in [5.41, 5.74) is 0. The Morgan fingerprint density at radius 3 is 1.33 bits per heavy atom. The van der Waals surface area contributed by atoms with Crippen molar-refractivity contribution in [3.63, 3.8) is 0 Å². The van der Waals surface area contributed by atoms with Gasteiger partial charge in [-0.1, -0.05) is 0 Å². The molecule has 4 heteroatoms. The van der Waals surface area contributed by atoms with Gasteiger partial charge in [0, 0.05) is 58.6 Å². The van der Waals surface area contributed by atoms with E-state index in [0.717, 1.165) is 4.90 Å². The van der Waals surface area contributed by atoms with E-state index in [2.05, 4.69) is 0 Å². The fourth-order valence-corrected chi connectivity index (χ4v) is 0.222. The maximum Gasteiger partial charge on any atom is 0.225 e. The second kappa shape index (κ2) is 5.21. The third-order valence-electron chi connectivity index (χ3n) is 0.945. The topological polar surface area (TPSA) is 37.4 Å². The summed E-state index contributed by atoms with van der Waals surface area (Å²) in [6.07, 6.45) is 0. The van der Waals surface area contributed by atoms with Crippen molar-refractivity contribution in [3.05, 3.63) is 0 Å². The monoisotopic (exact) mass is 155 g/mol. The molecule has 0 unspecified atom stereocenters. The van der Waals surface area contributed by atoms with Crippen LogP contribution in [0.5, 0.6) is 0 Å². The molecule has 0 spiro atoms. The van der Waals surface area contributed by atoms with Crippen LogP contribution in [0, 0.1) is 37.7 Å². The Bertz CT molecular complexity index is 110. The summed E-state index contributed by atoms with van der Waals surface area (Å²) in [6.45, 7) is 2.70. The van der Waals surface area contributed by atoms with E-state index >= 15 is 0 Å². The second-order valence-corrected chi connectivity index (χ2v) is 1.60. The average molecular weight is 155 g/mol. The Morgan fingerprint density at radius 1 is 1.11 bits per heavy atom. The zero-order chi connectivity index (χ0) is 6.73. The number of carbonyl (C=O) groups excluding carboxylic acids is 2. The van der Waals surface area contributed by atoms with Crippen LogP contribution in [0.4, 0.5) is 0 Å². The van der Waals surface area contributed by atoms with Crippen LogP contribution in [0.1, 0.15) is 13.8 Å². The van der Waals surface area contributed by atoms with Crippen molar-refractivity contribution in [3.8, 4) is 0 Å². The molecule has 0 bridgehead atoms. The summed E-state index contributed by atoms with van der Waals surface area (Å²) in [5, 5.41) is 0. The van der Waals surface area contributed by atoms with Gasteiger partial charge in [-0.2, -0.15) is 0 Å². The molecule has 9 heavy (non-hydrogen) atoms. The molecule has 0 aliphatic heterocycles. The van der Waals surface area contributed by atoms with Crippen molar-refractivity contribution >= 4 is 11.8 Å². The zero-order valence-corrected chi connectivity index (χ0v) is 6.32. The Balaban J connectivity index is 0. The van der Waals surface area contributed by atoms with Gasteiger partial charge in [0.15, 0.2) is 0 Å². The van der Waals surface area contributed by atoms with Crippen LogP contribution >= 0.6 is 0 Å². The van der Waals surface area contributed by atoms with Crippen molar-refractivity contribution in [2.75, 3.05) is 7.05 Å². The third-order valence-corrected chi connectivity index (χ3v) is 0.945. The first-order valence-electron chi connectivity index (χ1n) is 2.30. The molecule has 0 radical (unpaired) electrons. The van der Waals surface area contributed by atoms with Gasteiger partial charge in [0.25, 0.3) is 0 Å². The van der Waals surface area contributed by atoms with Gasteiger partial charge >= 0.3 is 0 Å². The van der Waals surface area contributed by atoms with Crippen LogP contribution in [0.15, 0.2) is 0 Å². The third kappa shape index (κ3) is 4.88. The van der Waals surface area contributed by atoms with E-state index in [1.165, 1.54) is 20.9 Å². The number of amides is 2. The minimum absolute atomic E-state index is 0. The molecule has 0 aromatic carbocycles. The van der Waals surface area contributed by atoms with E-state index < -0.39 is 0 Å². The van der Waals surface area contributed by atoms with Gasteiger partial charge < -0.3 is 0 Å². The fourth-order valence-electron chi connectivity index (χ4n) is 0.222. The van der Waals surface area contributed by atoms with Gasteiger partial charge in [-0.25, -0.2) is 0 Å². The first-order valence-corrected chi connectivity index (χ1v) is 2.30. The van der Waals surface area contributed by atoms with E-state index in [9.17, 15) is 9.59 Å². The average Bonchev–Trinajstić information content (AvgIpc) is 1.64. The van der Waals surface area contributed by atoms with Gasteiger partial charge in [-0.05, 0) is 0 Å². The number of rotatable bonds is 0. The smallest absolute Gasteiger partial charge is 0.225 e. The molecule has 0 heterocycles. The Morgan fingerprint density at radius 2 is 1.33 bits per heavy atom. The van der Waals surface area contributed by atoms with E-state index in [1.54, 1.807) is 0 Å². The quantitative estimate of drug-likeness (QED) is 0.494. The Kier molecular flexibility index (Phi) is 7.01. The minimum Gasteiger partial charge on any atom is -0.286 e. The minimum atomic E-state index is -0.225. The summed E-state index contributed by atoms with van der Waals surface area (Å²) in [4.78, 5) is 21.6. The van der Waals surface area contributed by atoms with Crippen LogP contribution in [-0.4, -0.2) is 23.8 Å². The predicted octanol–water partition coefficient (Wildman–Crippen LogP) is 0.0112. The van der Waals surface area contributed by atoms with Gasteiger partial charge in [0.1, 0.15) is 0 Å². The van der Waals surface area contributed by atoms with Gasteiger partial charge in [-0.3, -0.25) is 14.5 Å². The molecule has 0 aromatic heterocycles. The second-order valence-electron chi connectivity index (χ2n) is 1.60. The molecule has 54 valence electrons. The SMILES string of the molecule is CC(=O)N(C)C(C)=O.[Ar]. The Hall–Kier alpha value is 0.400. The van der Waals surface area contributed by atoms with Crippen molar-refractivity contribution in [1.82, 2.24) is 4.90 Å². The van der Waals surface area contributed by atoms with E-state index in [0.29, 0.717) is 0 Å². The van der Waals surface area contributed by atoms with Crippen molar-refractivity contribution < 1.29 is 47.3 Å². The molecule has 0 aliphatic rings. The molecule has 0 fully saturated rings. The number of imide groups is 1. The molecule has 0 aliphatic carbocycles. The standard InChI is InChI=1S/C5H9NO2.Ar/c1-4(7)6(3)5(2)8;/h1-3H3;. The summed E-state index contributed by atoms with van der Waals surface area (Å²) >= 11 is 0. The summed E-state index contributed by atoms with van der Waals surface area (Å²) < 4.78 is 0. The molecular weight excluding hydrogens is 146 g/mol. The van der Waals surface area contributed by atoms with Gasteiger partial charge in [0.2, 0.25) is 11.8 Å². The molecule has 3 nitrogen and oxygen atoms in total. The van der Waals surface area contributed by atoms with E-state index in [-0.39, 0.29) is 49.6 Å². The number of hydrogen-bond donors (Lipinski definition) is 0. The maximum absolute atomic E-state index is 10.3. The molecular formula is C5H9ArNO2. The number of nitrogens with zero attached hydrogens (tertiary/aromatic N) is 1. The molecule has 2 amide bonds. The normalized spacial score (nSPS) is 7.44. The van der Waals surface area contributed by atoms with Crippen LogP contribution in [0.2, 0.25) is 0 Å². The molecule has 0 saturated carbocycles. The van der Waals surface area contributed by atoms with Crippen LogP contribution in [0.3, 0.4) is 0 Å². The largest absolute Gasteiger partial charge is 0.286 e. The van der Waals surface area contributed by atoms with Gasteiger partial charge in [-0.15, -0.1) is 0 Å². The predicted molar refractivity (Wildman–Crippen MR) is 29.1 cm³/mol. The molecule has 0 N–H and O–H groups in total. The summed E-state index contributed by atoms with van der Waals surface area (Å²) in [5.74, 6) is -0.449. The molecule has 0 rings (SSSR count). The summed E-state index contributed by atoms with van der Waals surface area (Å²) in [6, 6.07) is 0. The number of hydrogen-bond acceptors (Lipinski definition) is 2. The maximum atomic E-state index is 10.3. The fraction of sp³-hybridized carbons (Fsp3) is 0.600. The molecule has 0 saturated heterocycles. The van der Waals surface area contributed by atoms with Crippen molar-refractivity contribution in [2.24, 2.45) is 0 Å². The molecule has 0 atom stereocenters. The van der Waals surface area contributed by atoms with Crippen molar-refractivity contribution in [1.29, 1.82) is 0 Å². The zero-order valence-electron chi connectivity index (χ0n) is 5.62. The Labute approximate surface area is 84.4 Å². The van der Waals surface area contributed by atoms with Crippen LogP contribution in [-0.2, 0) is 9.59 Å².